The average Bonchev–Trinajstić information content (AvgIpc) is 3.05. The Bertz CT molecular complexity index is 1210. The summed E-state index contributed by atoms with van der Waals surface area (Å²) in [5, 5.41) is 20.0. The van der Waals surface area contributed by atoms with Gasteiger partial charge in [0.25, 0.3) is 0 Å². The van der Waals surface area contributed by atoms with Crippen LogP contribution >= 0.6 is 0 Å². The number of piperazine rings is 1. The molecule has 4 rings (SSSR count). The molecule has 1 heterocycles. The van der Waals surface area contributed by atoms with Crippen molar-refractivity contribution in [1.29, 1.82) is 0 Å². The summed E-state index contributed by atoms with van der Waals surface area (Å²) in [6.45, 7) is 5.54. The Morgan fingerprint density at radius 1 is 0.844 bits per heavy atom. The van der Waals surface area contributed by atoms with Gasteiger partial charge in [-0.15, -0.1) is 0 Å². The fraction of sp³-hybridized carbons (Fsp3) is 0.622. The normalized spacial score (nSPS) is 17.0. The summed E-state index contributed by atoms with van der Waals surface area (Å²) in [5.41, 5.74) is 9.76. The van der Waals surface area contributed by atoms with Crippen molar-refractivity contribution in [1.82, 2.24) is 4.90 Å². The molecule has 0 aromatic heterocycles. The second-order valence-electron chi connectivity index (χ2n) is 12.9. The smallest absolute Gasteiger partial charge is 0.305 e. The van der Waals surface area contributed by atoms with Crippen molar-refractivity contribution >= 4 is 17.4 Å². The molecule has 2 aliphatic rings. The Hall–Kier alpha value is -3.10. The molecule has 248 valence electrons. The minimum atomic E-state index is -0.341. The van der Waals surface area contributed by atoms with Crippen LogP contribution < -0.4 is 10.6 Å². The average molecular weight is 622 g/mol. The largest absolute Gasteiger partial charge is 0.504 e. The predicted octanol–water partition coefficient (Wildman–Crippen LogP) is 6.24. The first-order valence-corrected chi connectivity index (χ1v) is 17.4. The van der Waals surface area contributed by atoms with Crippen LogP contribution in [0.15, 0.2) is 36.4 Å². The monoisotopic (exact) mass is 621 g/mol. The van der Waals surface area contributed by atoms with E-state index in [0.717, 1.165) is 103 Å². The van der Waals surface area contributed by atoms with Crippen LogP contribution in [0.3, 0.4) is 0 Å². The van der Waals surface area contributed by atoms with Gasteiger partial charge in [0.1, 0.15) is 12.4 Å². The van der Waals surface area contributed by atoms with Crippen molar-refractivity contribution in [2.45, 2.75) is 102 Å². The van der Waals surface area contributed by atoms with Gasteiger partial charge in [-0.05, 0) is 80.4 Å². The molecule has 45 heavy (non-hydrogen) atoms. The first-order chi connectivity index (χ1) is 22.0. The van der Waals surface area contributed by atoms with Crippen LogP contribution in [0.2, 0.25) is 0 Å². The van der Waals surface area contributed by atoms with Gasteiger partial charge in [0, 0.05) is 39.0 Å². The number of ether oxygens (including phenoxy) is 1. The minimum absolute atomic E-state index is 0.0356. The highest BCUT2D eigenvalue weighted by atomic mass is 16.5. The first kappa shape index (κ1) is 34.8. The maximum Gasteiger partial charge on any atom is 0.305 e. The van der Waals surface area contributed by atoms with Gasteiger partial charge in [-0.2, -0.15) is 0 Å². The number of rotatable bonds is 19. The summed E-state index contributed by atoms with van der Waals surface area (Å²) >= 11 is 0. The number of hydrogen-bond donors (Lipinski definition) is 3. The third-order valence-electron chi connectivity index (χ3n) is 9.51. The number of phenolic OH excluding ortho intramolecular Hbond substituents is 2. The third kappa shape index (κ3) is 11.0. The van der Waals surface area contributed by atoms with E-state index in [2.05, 4.69) is 28.0 Å². The van der Waals surface area contributed by atoms with Gasteiger partial charge in [0.05, 0.1) is 11.6 Å². The van der Waals surface area contributed by atoms with E-state index >= 15 is 0 Å². The van der Waals surface area contributed by atoms with Crippen molar-refractivity contribution in [3.8, 4) is 11.5 Å². The van der Waals surface area contributed by atoms with E-state index in [1.54, 1.807) is 6.07 Å². The molecule has 1 aliphatic heterocycles. The van der Waals surface area contributed by atoms with Crippen LogP contribution in [0.4, 0.5) is 5.69 Å². The van der Waals surface area contributed by atoms with E-state index in [-0.39, 0.29) is 35.8 Å². The van der Waals surface area contributed by atoms with Gasteiger partial charge in [0.15, 0.2) is 11.5 Å². The zero-order chi connectivity index (χ0) is 31.9. The number of carbonyl (C=O) groups is 2. The lowest BCUT2D eigenvalue weighted by molar-refractivity contribution is -0.145. The van der Waals surface area contributed by atoms with Crippen molar-refractivity contribution in [2.75, 3.05) is 50.8 Å². The zero-order valence-electron chi connectivity index (χ0n) is 27.2. The number of Topliss-reactive ketones (excluding diaryl/α,β-unsaturated/α-hetero) is 1. The second kappa shape index (κ2) is 18.8. The molecule has 1 fully saturated rings. The Morgan fingerprint density at radius 3 is 2.31 bits per heavy atom. The SMILES string of the molecule is NCCCCCCCCCCC(=O)OCC1C(=O)CCc2ccc(CCCCCN3CCN(c4cccc(O)c4O)CC3)cc21. The summed E-state index contributed by atoms with van der Waals surface area (Å²) in [6, 6.07) is 11.7. The van der Waals surface area contributed by atoms with Crippen LogP contribution in [0.5, 0.6) is 11.5 Å². The highest BCUT2D eigenvalue weighted by Gasteiger charge is 2.29. The van der Waals surface area contributed by atoms with Gasteiger partial charge in [-0.3, -0.25) is 14.5 Å². The van der Waals surface area contributed by atoms with E-state index in [1.807, 2.05) is 6.07 Å². The van der Waals surface area contributed by atoms with Gasteiger partial charge in [-0.25, -0.2) is 0 Å². The van der Waals surface area contributed by atoms with E-state index < -0.39 is 0 Å². The summed E-state index contributed by atoms with van der Waals surface area (Å²) in [4.78, 5) is 29.9. The van der Waals surface area contributed by atoms with Crippen LogP contribution in [-0.4, -0.2) is 72.7 Å². The highest BCUT2D eigenvalue weighted by Crippen LogP contribution is 2.36. The molecule has 1 saturated heterocycles. The van der Waals surface area contributed by atoms with E-state index in [4.69, 9.17) is 10.5 Å². The van der Waals surface area contributed by atoms with Gasteiger partial charge >= 0.3 is 5.97 Å². The summed E-state index contributed by atoms with van der Waals surface area (Å²) in [5.74, 6) is -0.454. The molecule has 2 aromatic carbocycles. The fourth-order valence-electron chi connectivity index (χ4n) is 6.69. The number of para-hydroxylation sites is 1. The number of benzene rings is 2. The Balaban J connectivity index is 1.12. The Labute approximate surface area is 269 Å². The van der Waals surface area contributed by atoms with Gasteiger partial charge in [0.2, 0.25) is 0 Å². The molecule has 8 heteroatoms. The Morgan fingerprint density at radius 2 is 1.56 bits per heavy atom. The minimum Gasteiger partial charge on any atom is -0.504 e. The summed E-state index contributed by atoms with van der Waals surface area (Å²) < 4.78 is 5.63. The number of hydrogen-bond acceptors (Lipinski definition) is 8. The van der Waals surface area contributed by atoms with E-state index in [1.165, 1.54) is 42.9 Å². The molecule has 2 aromatic rings. The lowest BCUT2D eigenvalue weighted by atomic mass is 9.81. The number of nitrogens with zero attached hydrogens (tertiary/aromatic N) is 2. The molecule has 1 aliphatic carbocycles. The molecule has 8 nitrogen and oxygen atoms in total. The number of ketones is 1. The number of unbranched alkanes of at least 4 members (excludes halogenated alkanes) is 9. The van der Waals surface area contributed by atoms with Crippen LogP contribution in [-0.2, 0) is 27.2 Å². The molecule has 0 radical (unpaired) electrons. The lowest BCUT2D eigenvalue weighted by Crippen LogP contribution is -2.46. The van der Waals surface area contributed by atoms with Crippen molar-refractivity contribution < 1.29 is 24.5 Å². The standard InChI is InChI=1S/C37H55N3O5/c38-21-10-6-4-2-1-3-5-9-16-36(43)45-28-32-31-27-29(17-18-30(31)19-20-34(32)41)13-8-7-11-22-39-23-25-40(26-24-39)33-14-12-15-35(42)37(33)44/h12,14-15,17-18,27,32,42,44H,1-11,13,16,19-26,28,38H2. The summed E-state index contributed by atoms with van der Waals surface area (Å²) in [7, 11) is 0. The molecular formula is C37H55N3O5. The number of anilines is 1. The van der Waals surface area contributed by atoms with Crippen LogP contribution in [0, 0.1) is 0 Å². The van der Waals surface area contributed by atoms with Crippen molar-refractivity contribution in [3.63, 3.8) is 0 Å². The van der Waals surface area contributed by atoms with Crippen molar-refractivity contribution in [2.24, 2.45) is 5.73 Å². The number of aryl methyl sites for hydroxylation is 2. The molecule has 4 N–H and O–H groups in total. The van der Waals surface area contributed by atoms with E-state index in [0.29, 0.717) is 18.5 Å². The van der Waals surface area contributed by atoms with Gasteiger partial charge < -0.3 is 25.6 Å². The maximum atomic E-state index is 12.9. The number of phenols is 2. The van der Waals surface area contributed by atoms with Gasteiger partial charge in [-0.1, -0.05) is 69.2 Å². The number of fused-ring (bicyclic) bond motifs is 1. The van der Waals surface area contributed by atoms with Crippen molar-refractivity contribution in [3.05, 3.63) is 53.1 Å². The molecule has 0 saturated carbocycles. The third-order valence-corrected chi connectivity index (χ3v) is 9.51. The summed E-state index contributed by atoms with van der Waals surface area (Å²) in [6.07, 6.45) is 15.1. The zero-order valence-corrected chi connectivity index (χ0v) is 27.2. The quantitative estimate of drug-likeness (QED) is 0.0959. The molecule has 1 atom stereocenters. The first-order valence-electron chi connectivity index (χ1n) is 17.4. The predicted molar refractivity (Wildman–Crippen MR) is 180 cm³/mol. The molecule has 0 spiro atoms. The Kier molecular flexibility index (Phi) is 14.5. The topological polar surface area (TPSA) is 116 Å². The molecule has 0 amide bonds. The molecular weight excluding hydrogens is 566 g/mol. The molecule has 1 unspecified atom stereocenters. The van der Waals surface area contributed by atoms with E-state index in [9.17, 15) is 19.8 Å². The van der Waals surface area contributed by atoms with Crippen LogP contribution in [0.1, 0.15) is 106 Å². The maximum absolute atomic E-state index is 12.9. The number of esters is 1. The van der Waals surface area contributed by atoms with Crippen LogP contribution in [0.25, 0.3) is 0 Å². The number of aromatic hydroxyl groups is 2. The number of nitrogens with two attached hydrogens (primary N) is 1. The molecule has 0 bridgehead atoms. The highest BCUT2D eigenvalue weighted by molar-refractivity contribution is 5.88. The number of carbonyl (C=O) groups excluding carboxylic acids is 2. The fourth-order valence-corrected chi connectivity index (χ4v) is 6.69. The lowest BCUT2D eigenvalue weighted by Gasteiger charge is -2.36. The second-order valence-corrected chi connectivity index (χ2v) is 12.9.